The molecule has 1 fully saturated rings. The van der Waals surface area contributed by atoms with Gasteiger partial charge in [-0.25, -0.2) is 17.9 Å². The molecule has 6 nitrogen and oxygen atoms in total. The third-order valence-corrected chi connectivity index (χ3v) is 6.07. The van der Waals surface area contributed by atoms with Gasteiger partial charge in [-0.1, -0.05) is 6.07 Å². The summed E-state index contributed by atoms with van der Waals surface area (Å²) in [6.07, 6.45) is 1.06. The number of amides is 1. The Morgan fingerprint density at radius 2 is 2.18 bits per heavy atom. The van der Waals surface area contributed by atoms with Gasteiger partial charge in [-0.15, -0.1) is 11.3 Å². The van der Waals surface area contributed by atoms with Crippen molar-refractivity contribution < 1.29 is 17.9 Å². The second-order valence-corrected chi connectivity index (χ2v) is 9.21. The van der Waals surface area contributed by atoms with Crippen LogP contribution in [-0.4, -0.2) is 44.1 Å². The van der Waals surface area contributed by atoms with E-state index in [9.17, 15) is 13.2 Å². The van der Waals surface area contributed by atoms with Gasteiger partial charge in [0.15, 0.2) is 0 Å². The number of thiophene rings is 1. The largest absolute Gasteiger partial charge is 0.444 e. The van der Waals surface area contributed by atoms with Crippen molar-refractivity contribution in [2.45, 2.75) is 49.5 Å². The lowest BCUT2D eigenvalue weighted by atomic mass is 10.1. The minimum atomic E-state index is -3.51. The standard InChI is InChI=1S/C14H22N2O4S2/c1-14(2,3)20-13(17)16-8-4-6-11(10-16)15-22(18,19)12-7-5-9-21-12/h5,7,9,11,15H,4,6,8,10H2,1-3H3. The topological polar surface area (TPSA) is 75.7 Å². The van der Waals surface area contributed by atoms with Crippen molar-refractivity contribution in [3.8, 4) is 0 Å². The molecule has 2 rings (SSSR count). The van der Waals surface area contributed by atoms with Crippen molar-refractivity contribution in [3.05, 3.63) is 17.5 Å². The van der Waals surface area contributed by atoms with Gasteiger partial charge < -0.3 is 9.64 Å². The van der Waals surface area contributed by atoms with E-state index in [0.717, 1.165) is 6.42 Å². The Morgan fingerprint density at radius 3 is 2.77 bits per heavy atom. The number of carbonyl (C=O) groups excluding carboxylic acids is 1. The zero-order valence-corrected chi connectivity index (χ0v) is 14.7. The molecule has 2 heterocycles. The molecular formula is C14H22N2O4S2. The number of hydrogen-bond donors (Lipinski definition) is 1. The summed E-state index contributed by atoms with van der Waals surface area (Å²) in [5, 5.41) is 1.72. The lowest BCUT2D eigenvalue weighted by Crippen LogP contribution is -2.50. The molecule has 1 saturated heterocycles. The summed E-state index contributed by atoms with van der Waals surface area (Å²) in [6.45, 7) is 6.36. The fourth-order valence-electron chi connectivity index (χ4n) is 2.26. The van der Waals surface area contributed by atoms with Crippen molar-refractivity contribution in [1.29, 1.82) is 0 Å². The van der Waals surface area contributed by atoms with E-state index in [1.54, 1.807) is 22.4 Å². The Balaban J connectivity index is 1.98. The van der Waals surface area contributed by atoms with E-state index in [-0.39, 0.29) is 6.04 Å². The first-order chi connectivity index (χ1) is 10.2. The van der Waals surface area contributed by atoms with Crippen LogP contribution < -0.4 is 4.72 Å². The molecule has 0 radical (unpaired) electrons. The molecule has 1 unspecified atom stereocenters. The second kappa shape index (κ2) is 6.55. The first kappa shape index (κ1) is 17.2. The highest BCUT2D eigenvalue weighted by Gasteiger charge is 2.30. The quantitative estimate of drug-likeness (QED) is 0.912. The molecule has 0 aliphatic carbocycles. The predicted octanol–water partition coefficient (Wildman–Crippen LogP) is 2.43. The normalized spacial score (nSPS) is 20.0. The molecule has 0 saturated carbocycles. The number of piperidine rings is 1. The first-order valence-corrected chi connectivity index (χ1v) is 9.57. The summed E-state index contributed by atoms with van der Waals surface area (Å²) in [5.41, 5.74) is -0.555. The van der Waals surface area contributed by atoms with Gasteiger partial charge in [0.1, 0.15) is 9.81 Å². The van der Waals surface area contributed by atoms with Gasteiger partial charge in [0, 0.05) is 19.1 Å². The molecule has 1 N–H and O–H groups in total. The van der Waals surface area contributed by atoms with Crippen LogP contribution in [0.2, 0.25) is 0 Å². The van der Waals surface area contributed by atoms with Crippen LogP contribution in [0.1, 0.15) is 33.6 Å². The summed E-state index contributed by atoms with van der Waals surface area (Å²) < 4.78 is 32.8. The van der Waals surface area contributed by atoms with Crippen molar-refractivity contribution >= 4 is 27.5 Å². The summed E-state index contributed by atoms with van der Waals surface area (Å²) in [4.78, 5) is 13.6. The minimum Gasteiger partial charge on any atom is -0.444 e. The molecule has 0 spiro atoms. The van der Waals surface area contributed by atoms with Crippen LogP contribution in [-0.2, 0) is 14.8 Å². The van der Waals surface area contributed by atoms with Crippen LogP contribution in [0, 0.1) is 0 Å². The van der Waals surface area contributed by atoms with Gasteiger partial charge >= 0.3 is 6.09 Å². The van der Waals surface area contributed by atoms with Crippen molar-refractivity contribution in [2.24, 2.45) is 0 Å². The molecule has 1 amide bonds. The van der Waals surface area contributed by atoms with Crippen molar-refractivity contribution in [3.63, 3.8) is 0 Å². The van der Waals surface area contributed by atoms with E-state index in [0.29, 0.717) is 23.7 Å². The number of rotatable bonds is 3. The maximum atomic E-state index is 12.2. The number of ether oxygens (including phenoxy) is 1. The Morgan fingerprint density at radius 1 is 1.45 bits per heavy atom. The highest BCUT2D eigenvalue weighted by Crippen LogP contribution is 2.19. The van der Waals surface area contributed by atoms with E-state index in [1.807, 2.05) is 20.8 Å². The fourth-order valence-corrected chi connectivity index (χ4v) is 4.53. The number of nitrogens with zero attached hydrogens (tertiary/aromatic N) is 1. The molecular weight excluding hydrogens is 324 g/mol. The van der Waals surface area contributed by atoms with E-state index >= 15 is 0 Å². The zero-order chi connectivity index (χ0) is 16.4. The first-order valence-electron chi connectivity index (χ1n) is 7.21. The zero-order valence-electron chi connectivity index (χ0n) is 13.0. The third-order valence-electron chi connectivity index (χ3n) is 3.15. The van der Waals surface area contributed by atoms with Crippen molar-refractivity contribution in [1.82, 2.24) is 9.62 Å². The van der Waals surface area contributed by atoms with E-state index in [2.05, 4.69) is 4.72 Å². The van der Waals surface area contributed by atoms with Crippen LogP contribution >= 0.6 is 11.3 Å². The Hall–Kier alpha value is -1.12. The van der Waals surface area contributed by atoms with Gasteiger partial charge in [0.2, 0.25) is 10.0 Å². The minimum absolute atomic E-state index is 0.284. The second-order valence-electron chi connectivity index (χ2n) is 6.32. The molecule has 1 aliphatic heterocycles. The number of sulfonamides is 1. The SMILES string of the molecule is CC(C)(C)OC(=O)N1CCCC(NS(=O)(=O)c2cccs2)C1. The highest BCUT2D eigenvalue weighted by atomic mass is 32.2. The van der Waals surface area contributed by atoms with Crippen LogP contribution in [0.3, 0.4) is 0 Å². The van der Waals surface area contributed by atoms with Crippen LogP contribution in [0.25, 0.3) is 0 Å². The summed E-state index contributed by atoms with van der Waals surface area (Å²) >= 11 is 1.18. The Bertz CT molecular complexity index is 605. The lowest BCUT2D eigenvalue weighted by Gasteiger charge is -2.34. The highest BCUT2D eigenvalue weighted by molar-refractivity contribution is 7.91. The molecule has 8 heteroatoms. The predicted molar refractivity (Wildman–Crippen MR) is 85.5 cm³/mol. The van der Waals surface area contributed by atoms with E-state index < -0.39 is 21.7 Å². The molecule has 1 atom stereocenters. The smallest absolute Gasteiger partial charge is 0.410 e. The molecule has 0 bridgehead atoms. The maximum absolute atomic E-state index is 12.2. The number of carbonyl (C=O) groups is 1. The molecule has 1 aromatic heterocycles. The third kappa shape index (κ3) is 4.69. The Labute approximate surface area is 135 Å². The van der Waals surface area contributed by atoms with Gasteiger partial charge in [0.05, 0.1) is 0 Å². The average Bonchev–Trinajstić information content (AvgIpc) is 2.91. The summed E-state index contributed by atoms with van der Waals surface area (Å²) in [5.74, 6) is 0. The number of likely N-dealkylation sites (tertiary alicyclic amines) is 1. The summed E-state index contributed by atoms with van der Waals surface area (Å²) in [7, 11) is -3.51. The number of nitrogens with one attached hydrogen (secondary N) is 1. The molecule has 1 aromatic rings. The molecule has 0 aromatic carbocycles. The van der Waals surface area contributed by atoms with Crippen LogP contribution in [0.5, 0.6) is 0 Å². The van der Waals surface area contributed by atoms with Crippen LogP contribution in [0.4, 0.5) is 4.79 Å². The van der Waals surface area contributed by atoms with E-state index in [1.165, 1.54) is 11.3 Å². The average molecular weight is 346 g/mol. The molecule has 124 valence electrons. The van der Waals surface area contributed by atoms with Gasteiger partial charge in [-0.3, -0.25) is 0 Å². The monoisotopic (exact) mass is 346 g/mol. The summed E-state index contributed by atoms with van der Waals surface area (Å²) in [6, 6.07) is 2.99. The van der Waals surface area contributed by atoms with Crippen molar-refractivity contribution in [2.75, 3.05) is 13.1 Å². The lowest BCUT2D eigenvalue weighted by molar-refractivity contribution is 0.0195. The molecule has 1 aliphatic rings. The van der Waals surface area contributed by atoms with E-state index in [4.69, 9.17) is 4.74 Å². The Kier molecular flexibility index (Phi) is 5.14. The van der Waals surface area contributed by atoms with Crippen LogP contribution in [0.15, 0.2) is 21.7 Å². The fraction of sp³-hybridized carbons (Fsp3) is 0.643. The van der Waals surface area contributed by atoms with Gasteiger partial charge in [-0.2, -0.15) is 0 Å². The maximum Gasteiger partial charge on any atom is 0.410 e. The van der Waals surface area contributed by atoms with Gasteiger partial charge in [-0.05, 0) is 45.1 Å². The molecule has 22 heavy (non-hydrogen) atoms. The number of hydrogen-bond acceptors (Lipinski definition) is 5. The van der Waals surface area contributed by atoms with Gasteiger partial charge in [0.25, 0.3) is 0 Å².